The molecule has 0 aromatic heterocycles. The molecule has 222 valence electrons. The van der Waals surface area contributed by atoms with Crippen molar-refractivity contribution in [1.29, 1.82) is 0 Å². The van der Waals surface area contributed by atoms with E-state index in [2.05, 4.69) is 26.2 Å². The Morgan fingerprint density at radius 3 is 2.56 bits per heavy atom. The van der Waals surface area contributed by atoms with E-state index in [4.69, 9.17) is 4.74 Å². The van der Waals surface area contributed by atoms with Crippen LogP contribution in [0, 0.1) is 0 Å². The van der Waals surface area contributed by atoms with Gasteiger partial charge < -0.3 is 36.0 Å². The summed E-state index contributed by atoms with van der Waals surface area (Å²) in [5, 5.41) is 20.8. The maximum absolute atomic E-state index is 13.2. The highest BCUT2D eigenvalue weighted by Crippen LogP contribution is 2.19. The molecular formula is C30H41N5O6. The molecule has 41 heavy (non-hydrogen) atoms. The number of phenolic OH excluding ortho intramolecular Hbond substituents is 1. The summed E-state index contributed by atoms with van der Waals surface area (Å²) in [6.45, 7) is 1.90. The first kappa shape index (κ1) is 31.4. The third-order valence-electron chi connectivity index (χ3n) is 6.65. The number of phenols is 1. The van der Waals surface area contributed by atoms with Crippen molar-refractivity contribution in [3.05, 3.63) is 59.7 Å². The van der Waals surface area contributed by atoms with Crippen molar-refractivity contribution < 1.29 is 29.0 Å². The average molecular weight is 568 g/mol. The fourth-order valence-electron chi connectivity index (χ4n) is 4.38. The number of rotatable bonds is 8. The zero-order chi connectivity index (χ0) is 29.6. The number of benzene rings is 2. The SMILES string of the molecule is CN(C)CCCCNC(=O)[C@@H]1CCC(=O)N[C@@H](Cc2ccc(O)cc2)C(=O)NCCCOc2ccccc2C(=O)N1. The molecule has 2 aromatic rings. The Kier molecular flexibility index (Phi) is 12.4. The number of hydrogen-bond acceptors (Lipinski definition) is 7. The lowest BCUT2D eigenvalue weighted by Gasteiger charge is -2.22. The molecule has 1 heterocycles. The summed E-state index contributed by atoms with van der Waals surface area (Å²) in [7, 11) is 3.97. The van der Waals surface area contributed by atoms with Gasteiger partial charge in [0.15, 0.2) is 0 Å². The third kappa shape index (κ3) is 10.8. The Morgan fingerprint density at radius 1 is 1.05 bits per heavy atom. The van der Waals surface area contributed by atoms with Crippen molar-refractivity contribution in [3.8, 4) is 11.5 Å². The molecule has 0 bridgehead atoms. The molecule has 1 aliphatic heterocycles. The minimum atomic E-state index is -0.965. The van der Waals surface area contributed by atoms with Crippen molar-refractivity contribution in [1.82, 2.24) is 26.2 Å². The lowest BCUT2D eigenvalue weighted by Crippen LogP contribution is -2.50. The van der Waals surface area contributed by atoms with Crippen molar-refractivity contribution in [2.24, 2.45) is 0 Å². The number of nitrogens with zero attached hydrogens (tertiary/aromatic N) is 1. The molecule has 1 aliphatic rings. The van der Waals surface area contributed by atoms with Gasteiger partial charge in [0.2, 0.25) is 17.7 Å². The molecule has 2 atom stereocenters. The van der Waals surface area contributed by atoms with E-state index in [0.29, 0.717) is 25.3 Å². The van der Waals surface area contributed by atoms with E-state index in [-0.39, 0.29) is 49.0 Å². The van der Waals surface area contributed by atoms with Crippen LogP contribution in [0.2, 0.25) is 0 Å². The Balaban J connectivity index is 1.76. The standard InChI is InChI=1S/C30H41N5O6/c1-35(2)18-6-5-16-31-29(39)24-14-15-27(37)33-25(20-21-10-12-22(36)13-11-21)30(40)32-17-7-19-41-26-9-4-3-8-23(26)28(38)34-24/h3-4,8-13,24-25,36H,5-7,14-20H2,1-2H3,(H,31,39)(H,32,40)(H,33,37)(H,34,38)/t24-,25-/m0/s1. The van der Waals surface area contributed by atoms with Crippen LogP contribution in [0.15, 0.2) is 48.5 Å². The maximum Gasteiger partial charge on any atom is 0.255 e. The van der Waals surface area contributed by atoms with Gasteiger partial charge in [0, 0.05) is 25.9 Å². The van der Waals surface area contributed by atoms with Gasteiger partial charge in [-0.25, -0.2) is 0 Å². The highest BCUT2D eigenvalue weighted by atomic mass is 16.5. The van der Waals surface area contributed by atoms with Gasteiger partial charge in [-0.05, 0) is 76.2 Å². The summed E-state index contributed by atoms with van der Waals surface area (Å²) in [6.07, 6.45) is 2.32. The molecule has 0 saturated carbocycles. The topological polar surface area (TPSA) is 149 Å². The first-order valence-electron chi connectivity index (χ1n) is 14.0. The van der Waals surface area contributed by atoms with Gasteiger partial charge in [-0.2, -0.15) is 0 Å². The van der Waals surface area contributed by atoms with E-state index in [1.165, 1.54) is 12.1 Å². The monoisotopic (exact) mass is 567 g/mol. The zero-order valence-corrected chi connectivity index (χ0v) is 23.8. The molecule has 11 nitrogen and oxygen atoms in total. The third-order valence-corrected chi connectivity index (χ3v) is 6.65. The Hall–Kier alpha value is -4.12. The van der Waals surface area contributed by atoms with Crippen LogP contribution in [0.25, 0.3) is 0 Å². The summed E-state index contributed by atoms with van der Waals surface area (Å²) in [5.41, 5.74) is 1.04. The highest BCUT2D eigenvalue weighted by molar-refractivity contribution is 5.99. The smallest absolute Gasteiger partial charge is 0.255 e. The summed E-state index contributed by atoms with van der Waals surface area (Å²) < 4.78 is 5.84. The fraction of sp³-hybridized carbons (Fsp3) is 0.467. The first-order chi connectivity index (χ1) is 19.7. The summed E-state index contributed by atoms with van der Waals surface area (Å²) in [5.74, 6) is -1.15. The number of para-hydroxylation sites is 1. The zero-order valence-electron chi connectivity index (χ0n) is 23.8. The van der Waals surface area contributed by atoms with Crippen LogP contribution in [0.3, 0.4) is 0 Å². The second-order valence-electron chi connectivity index (χ2n) is 10.3. The highest BCUT2D eigenvalue weighted by Gasteiger charge is 2.26. The van der Waals surface area contributed by atoms with E-state index in [9.17, 15) is 24.3 Å². The molecule has 2 aromatic carbocycles. The van der Waals surface area contributed by atoms with Crippen molar-refractivity contribution in [3.63, 3.8) is 0 Å². The van der Waals surface area contributed by atoms with Crippen LogP contribution >= 0.6 is 0 Å². The van der Waals surface area contributed by atoms with Crippen LogP contribution < -0.4 is 26.0 Å². The lowest BCUT2D eigenvalue weighted by atomic mass is 10.0. The van der Waals surface area contributed by atoms with Crippen LogP contribution in [-0.2, 0) is 20.8 Å². The second kappa shape index (κ2) is 16.2. The first-order valence-corrected chi connectivity index (χ1v) is 14.0. The molecule has 4 amide bonds. The number of ether oxygens (including phenoxy) is 1. The number of carbonyl (C=O) groups is 4. The van der Waals surface area contributed by atoms with E-state index in [0.717, 1.165) is 24.9 Å². The van der Waals surface area contributed by atoms with Crippen LogP contribution in [0.5, 0.6) is 11.5 Å². The molecular weight excluding hydrogens is 526 g/mol. The van der Waals surface area contributed by atoms with Crippen LogP contribution in [0.4, 0.5) is 0 Å². The van der Waals surface area contributed by atoms with E-state index < -0.39 is 23.9 Å². The minimum Gasteiger partial charge on any atom is -0.508 e. The Labute approximate surface area is 241 Å². The molecule has 0 fully saturated rings. The molecule has 0 unspecified atom stereocenters. The molecule has 0 aliphatic carbocycles. The fourth-order valence-corrected chi connectivity index (χ4v) is 4.38. The van der Waals surface area contributed by atoms with E-state index in [1.54, 1.807) is 36.4 Å². The van der Waals surface area contributed by atoms with Gasteiger partial charge in [0.25, 0.3) is 5.91 Å². The van der Waals surface area contributed by atoms with Crippen molar-refractivity contribution in [2.45, 2.75) is 50.6 Å². The number of fused-ring (bicyclic) bond motifs is 1. The Morgan fingerprint density at radius 2 is 1.80 bits per heavy atom. The number of aromatic hydroxyl groups is 1. The van der Waals surface area contributed by atoms with Gasteiger partial charge in [0.1, 0.15) is 23.6 Å². The van der Waals surface area contributed by atoms with Gasteiger partial charge in [0.05, 0.1) is 12.2 Å². The van der Waals surface area contributed by atoms with Crippen LogP contribution in [0.1, 0.15) is 48.0 Å². The molecule has 0 saturated heterocycles. The predicted molar refractivity (Wildman–Crippen MR) is 155 cm³/mol. The molecule has 11 heteroatoms. The molecule has 5 N–H and O–H groups in total. The average Bonchev–Trinajstić information content (AvgIpc) is 2.94. The number of amides is 4. The summed E-state index contributed by atoms with van der Waals surface area (Å²) >= 11 is 0. The number of hydrogen-bond donors (Lipinski definition) is 5. The van der Waals surface area contributed by atoms with E-state index in [1.807, 2.05) is 14.1 Å². The van der Waals surface area contributed by atoms with Crippen molar-refractivity contribution >= 4 is 23.6 Å². The second-order valence-corrected chi connectivity index (χ2v) is 10.3. The quantitative estimate of drug-likeness (QED) is 0.303. The normalized spacial score (nSPS) is 18.9. The van der Waals surface area contributed by atoms with Gasteiger partial charge in [-0.15, -0.1) is 0 Å². The number of unbranched alkanes of at least 4 members (excludes halogenated alkanes) is 1. The van der Waals surface area contributed by atoms with E-state index >= 15 is 0 Å². The minimum absolute atomic E-state index is 0.0394. The molecule has 0 spiro atoms. The van der Waals surface area contributed by atoms with Gasteiger partial charge in [-0.3, -0.25) is 19.2 Å². The van der Waals surface area contributed by atoms with Crippen molar-refractivity contribution in [2.75, 3.05) is 40.3 Å². The largest absolute Gasteiger partial charge is 0.508 e. The maximum atomic E-state index is 13.2. The predicted octanol–water partition coefficient (Wildman–Crippen LogP) is 1.36. The number of carbonyl (C=O) groups excluding carboxylic acids is 4. The molecule has 3 rings (SSSR count). The van der Waals surface area contributed by atoms with Gasteiger partial charge >= 0.3 is 0 Å². The van der Waals surface area contributed by atoms with Gasteiger partial charge in [-0.1, -0.05) is 24.3 Å². The lowest BCUT2D eigenvalue weighted by molar-refractivity contribution is -0.129. The Bertz CT molecular complexity index is 1170. The van der Waals surface area contributed by atoms with Crippen LogP contribution in [-0.4, -0.2) is 86.1 Å². The number of nitrogens with one attached hydrogen (secondary N) is 4. The summed E-state index contributed by atoms with van der Waals surface area (Å²) in [6, 6.07) is 11.3. The summed E-state index contributed by atoms with van der Waals surface area (Å²) in [4.78, 5) is 54.4. The molecule has 0 radical (unpaired) electrons.